The maximum atomic E-state index is 14.0. The number of carbonyl (C=O) groups excluding carboxylic acids is 2. The second-order valence-corrected chi connectivity index (χ2v) is 5.56. The van der Waals surface area contributed by atoms with Crippen molar-refractivity contribution in [3.63, 3.8) is 0 Å². The minimum atomic E-state index is -0.603. The predicted octanol–water partition coefficient (Wildman–Crippen LogP) is 2.83. The summed E-state index contributed by atoms with van der Waals surface area (Å²) < 4.78 is 28.8. The zero-order chi connectivity index (χ0) is 19.3. The van der Waals surface area contributed by atoms with Gasteiger partial charge < -0.3 is 24.5 Å². The molecule has 2 aromatic rings. The number of aromatic nitrogens is 1. The van der Waals surface area contributed by atoms with Gasteiger partial charge >= 0.3 is 5.97 Å². The van der Waals surface area contributed by atoms with E-state index in [2.05, 4.69) is 10.3 Å². The zero-order valence-corrected chi connectivity index (χ0v) is 15.1. The molecule has 0 fully saturated rings. The highest BCUT2D eigenvalue weighted by molar-refractivity contribution is 6.06. The number of hydrogen-bond acceptors (Lipinski definition) is 5. The first kappa shape index (κ1) is 19.5. The van der Waals surface area contributed by atoms with E-state index in [9.17, 15) is 14.0 Å². The number of methoxy groups -OCH3 is 2. The van der Waals surface area contributed by atoms with Crippen LogP contribution in [0.25, 0.3) is 0 Å². The highest BCUT2D eigenvalue weighted by Crippen LogP contribution is 2.23. The van der Waals surface area contributed by atoms with E-state index in [4.69, 9.17) is 14.2 Å². The van der Waals surface area contributed by atoms with Crippen LogP contribution in [-0.2, 0) is 9.47 Å². The molecule has 0 aliphatic rings. The van der Waals surface area contributed by atoms with Crippen molar-refractivity contribution in [3.05, 3.63) is 46.5 Å². The SMILES string of the molecule is COCCOc1ccc(NC(=O)c2[nH]c(C)c(C(=O)OC)c2C)cc1F. The van der Waals surface area contributed by atoms with Gasteiger partial charge in [0.2, 0.25) is 0 Å². The highest BCUT2D eigenvalue weighted by Gasteiger charge is 2.22. The molecule has 0 bridgehead atoms. The predicted molar refractivity (Wildman–Crippen MR) is 93.3 cm³/mol. The summed E-state index contributed by atoms with van der Waals surface area (Å²) in [5.74, 6) is -1.56. The Morgan fingerprint density at radius 2 is 1.92 bits per heavy atom. The van der Waals surface area contributed by atoms with E-state index in [0.717, 1.165) is 6.07 Å². The maximum absolute atomic E-state index is 14.0. The minimum Gasteiger partial charge on any atom is -0.488 e. The van der Waals surface area contributed by atoms with Crippen LogP contribution in [0.1, 0.15) is 32.1 Å². The van der Waals surface area contributed by atoms with Gasteiger partial charge in [0.15, 0.2) is 11.6 Å². The Morgan fingerprint density at radius 3 is 2.54 bits per heavy atom. The average Bonchev–Trinajstić information content (AvgIpc) is 2.91. The Morgan fingerprint density at radius 1 is 1.19 bits per heavy atom. The number of carbonyl (C=O) groups is 2. The number of hydrogen-bond donors (Lipinski definition) is 2. The molecule has 0 spiro atoms. The van der Waals surface area contributed by atoms with E-state index >= 15 is 0 Å². The highest BCUT2D eigenvalue weighted by atomic mass is 19.1. The van der Waals surface area contributed by atoms with Crippen molar-refractivity contribution in [1.29, 1.82) is 0 Å². The molecule has 0 aliphatic heterocycles. The molecule has 0 radical (unpaired) electrons. The first-order valence-electron chi connectivity index (χ1n) is 7.89. The third kappa shape index (κ3) is 4.20. The first-order chi connectivity index (χ1) is 12.4. The summed E-state index contributed by atoms with van der Waals surface area (Å²) in [7, 11) is 2.79. The van der Waals surface area contributed by atoms with Crippen LogP contribution < -0.4 is 10.1 Å². The van der Waals surface area contributed by atoms with Crippen molar-refractivity contribution in [2.45, 2.75) is 13.8 Å². The Bertz CT molecular complexity index is 816. The number of anilines is 1. The van der Waals surface area contributed by atoms with Gasteiger partial charge in [-0.1, -0.05) is 0 Å². The van der Waals surface area contributed by atoms with E-state index in [1.165, 1.54) is 26.4 Å². The van der Waals surface area contributed by atoms with E-state index < -0.39 is 17.7 Å². The lowest BCUT2D eigenvalue weighted by Crippen LogP contribution is -2.14. The largest absolute Gasteiger partial charge is 0.488 e. The van der Waals surface area contributed by atoms with Crippen LogP contribution in [0.15, 0.2) is 18.2 Å². The fourth-order valence-corrected chi connectivity index (χ4v) is 2.51. The maximum Gasteiger partial charge on any atom is 0.339 e. The summed E-state index contributed by atoms with van der Waals surface area (Å²) in [6.07, 6.45) is 0. The van der Waals surface area contributed by atoms with Gasteiger partial charge in [-0.05, 0) is 31.5 Å². The smallest absolute Gasteiger partial charge is 0.339 e. The van der Waals surface area contributed by atoms with E-state index in [1.54, 1.807) is 13.8 Å². The number of aryl methyl sites for hydroxylation is 1. The lowest BCUT2D eigenvalue weighted by Gasteiger charge is -2.09. The number of rotatable bonds is 7. The van der Waals surface area contributed by atoms with Crippen LogP contribution >= 0.6 is 0 Å². The van der Waals surface area contributed by atoms with E-state index in [-0.39, 0.29) is 23.7 Å². The molecule has 1 amide bonds. The molecule has 0 saturated carbocycles. The Balaban J connectivity index is 2.15. The fraction of sp³-hybridized carbons (Fsp3) is 0.333. The van der Waals surface area contributed by atoms with Crippen LogP contribution in [0.2, 0.25) is 0 Å². The molecule has 1 aromatic heterocycles. The lowest BCUT2D eigenvalue weighted by molar-refractivity contribution is 0.0599. The Kier molecular flexibility index (Phi) is 6.35. The molecule has 0 unspecified atom stereocenters. The quantitative estimate of drug-likeness (QED) is 0.582. The van der Waals surface area contributed by atoms with Crippen LogP contribution in [0.3, 0.4) is 0 Å². The number of benzene rings is 1. The monoisotopic (exact) mass is 364 g/mol. The third-order valence-corrected chi connectivity index (χ3v) is 3.79. The molecule has 7 nitrogen and oxygen atoms in total. The van der Waals surface area contributed by atoms with Crippen molar-refractivity contribution in [2.75, 3.05) is 32.8 Å². The zero-order valence-electron chi connectivity index (χ0n) is 15.1. The summed E-state index contributed by atoms with van der Waals surface area (Å²) in [6, 6.07) is 4.11. The summed E-state index contributed by atoms with van der Waals surface area (Å²) in [5, 5.41) is 2.59. The number of aromatic amines is 1. The molecule has 140 valence electrons. The van der Waals surface area contributed by atoms with E-state index in [1.807, 2.05) is 0 Å². The number of H-pyrrole nitrogens is 1. The van der Waals surface area contributed by atoms with Gasteiger partial charge in [0.25, 0.3) is 5.91 Å². The number of amides is 1. The average molecular weight is 364 g/mol. The summed E-state index contributed by atoms with van der Waals surface area (Å²) in [4.78, 5) is 27.1. The standard InChI is InChI=1S/C18H21FN2O5/c1-10-15(18(23)25-4)11(2)20-16(10)17(22)21-12-5-6-14(13(19)9-12)26-8-7-24-3/h5-6,9,20H,7-8H2,1-4H3,(H,21,22). The van der Waals surface area contributed by atoms with Crippen LogP contribution in [0.5, 0.6) is 5.75 Å². The summed E-state index contributed by atoms with van der Waals surface area (Å²) in [6.45, 7) is 3.86. The molecule has 1 heterocycles. The molecule has 8 heteroatoms. The topological polar surface area (TPSA) is 89.7 Å². The van der Waals surface area contributed by atoms with Gasteiger partial charge in [0, 0.05) is 24.6 Å². The molecule has 2 N–H and O–H groups in total. The number of ether oxygens (including phenoxy) is 3. The fourth-order valence-electron chi connectivity index (χ4n) is 2.51. The normalized spacial score (nSPS) is 10.5. The van der Waals surface area contributed by atoms with Crippen LogP contribution in [-0.4, -0.2) is 44.3 Å². The second-order valence-electron chi connectivity index (χ2n) is 5.56. The van der Waals surface area contributed by atoms with Crippen LogP contribution in [0.4, 0.5) is 10.1 Å². The van der Waals surface area contributed by atoms with E-state index in [0.29, 0.717) is 23.4 Å². The van der Waals surface area contributed by atoms with Gasteiger partial charge in [-0.2, -0.15) is 0 Å². The minimum absolute atomic E-state index is 0.0694. The molecule has 26 heavy (non-hydrogen) atoms. The van der Waals surface area contributed by atoms with Crippen LogP contribution in [0, 0.1) is 19.7 Å². The van der Waals surface area contributed by atoms with Gasteiger partial charge in [0.1, 0.15) is 12.3 Å². The molecule has 0 atom stereocenters. The summed E-state index contributed by atoms with van der Waals surface area (Å²) >= 11 is 0. The molecule has 1 aromatic carbocycles. The van der Waals surface area contributed by atoms with Crippen molar-refractivity contribution in [2.24, 2.45) is 0 Å². The second kappa shape index (κ2) is 8.48. The molecule has 0 aliphatic carbocycles. The molecule has 0 saturated heterocycles. The van der Waals surface area contributed by atoms with Crippen molar-refractivity contribution >= 4 is 17.6 Å². The third-order valence-electron chi connectivity index (χ3n) is 3.79. The summed E-state index contributed by atoms with van der Waals surface area (Å²) in [5.41, 5.74) is 1.77. The van der Waals surface area contributed by atoms with Gasteiger partial charge in [-0.25, -0.2) is 9.18 Å². The number of halogens is 1. The molecular formula is C18H21FN2O5. The van der Waals surface area contributed by atoms with Gasteiger partial charge in [-0.3, -0.25) is 4.79 Å². The Hall–Kier alpha value is -2.87. The Labute approximate surface area is 150 Å². The number of nitrogens with one attached hydrogen (secondary N) is 2. The van der Waals surface area contributed by atoms with Crippen molar-refractivity contribution in [1.82, 2.24) is 4.98 Å². The lowest BCUT2D eigenvalue weighted by atomic mass is 10.1. The van der Waals surface area contributed by atoms with Gasteiger partial charge in [-0.15, -0.1) is 0 Å². The van der Waals surface area contributed by atoms with Gasteiger partial charge in [0.05, 0.1) is 19.3 Å². The van der Waals surface area contributed by atoms with Crippen molar-refractivity contribution in [3.8, 4) is 5.75 Å². The first-order valence-corrected chi connectivity index (χ1v) is 7.89. The molecule has 2 rings (SSSR count). The van der Waals surface area contributed by atoms with Crippen molar-refractivity contribution < 1.29 is 28.2 Å². The number of esters is 1. The molecular weight excluding hydrogens is 343 g/mol.